The molecule has 1 N–H and O–H groups in total. The molecule has 5 heteroatoms. The van der Waals surface area contributed by atoms with Crippen LogP contribution < -0.4 is 5.32 Å². The molecule has 17 heavy (non-hydrogen) atoms. The van der Waals surface area contributed by atoms with E-state index in [2.05, 4.69) is 29.1 Å². The summed E-state index contributed by atoms with van der Waals surface area (Å²) in [7, 11) is 5.39. The molecule has 2 unspecified atom stereocenters. The van der Waals surface area contributed by atoms with Gasteiger partial charge in [0, 0.05) is 32.2 Å². The summed E-state index contributed by atoms with van der Waals surface area (Å²) in [5.41, 5.74) is 0. The maximum Gasteiger partial charge on any atom is 0.322 e. The van der Waals surface area contributed by atoms with Crippen molar-refractivity contribution in [3.63, 3.8) is 0 Å². The fourth-order valence-corrected chi connectivity index (χ4v) is 2.33. The van der Waals surface area contributed by atoms with Crippen LogP contribution in [0.15, 0.2) is 0 Å². The van der Waals surface area contributed by atoms with Gasteiger partial charge in [-0.25, -0.2) is 0 Å². The fourth-order valence-electron chi connectivity index (χ4n) is 2.33. The van der Waals surface area contributed by atoms with Crippen molar-refractivity contribution in [1.29, 1.82) is 0 Å². The van der Waals surface area contributed by atoms with Gasteiger partial charge in [-0.15, -0.1) is 0 Å². The first-order valence-electron chi connectivity index (χ1n) is 6.26. The van der Waals surface area contributed by atoms with Crippen LogP contribution in [0.2, 0.25) is 0 Å². The summed E-state index contributed by atoms with van der Waals surface area (Å²) in [5.74, 6) is -0.172. The molecule has 0 aromatic rings. The van der Waals surface area contributed by atoms with Crippen molar-refractivity contribution in [2.24, 2.45) is 0 Å². The maximum absolute atomic E-state index is 11.4. The van der Waals surface area contributed by atoms with E-state index in [9.17, 15) is 4.79 Å². The van der Waals surface area contributed by atoms with Crippen LogP contribution in [0.3, 0.4) is 0 Å². The van der Waals surface area contributed by atoms with E-state index in [0.29, 0.717) is 6.04 Å². The van der Waals surface area contributed by atoms with E-state index in [1.165, 1.54) is 7.11 Å². The minimum absolute atomic E-state index is 0.172. The highest BCUT2D eigenvalue weighted by Crippen LogP contribution is 2.09. The number of carbonyl (C=O) groups excluding carboxylic acids is 1. The summed E-state index contributed by atoms with van der Waals surface area (Å²) in [6, 6.07) is 0.371. The van der Waals surface area contributed by atoms with Crippen LogP contribution in [0.5, 0.6) is 0 Å². The molecule has 0 aliphatic carbocycles. The van der Waals surface area contributed by atoms with Crippen molar-refractivity contribution in [3.8, 4) is 0 Å². The summed E-state index contributed by atoms with van der Waals surface area (Å²) >= 11 is 0. The summed E-state index contributed by atoms with van der Waals surface area (Å²) in [6.45, 7) is 6.46. The third-order valence-electron chi connectivity index (χ3n) is 3.51. The Bertz CT molecular complexity index is 248. The first-order valence-corrected chi connectivity index (χ1v) is 6.26. The SMILES string of the molecule is CNC(CCN1CCN(C)CC1C)C(=O)OC. The number of nitrogens with one attached hydrogen (secondary N) is 1. The number of rotatable bonds is 5. The minimum Gasteiger partial charge on any atom is -0.468 e. The molecule has 0 aromatic heterocycles. The number of methoxy groups -OCH3 is 1. The minimum atomic E-state index is -0.188. The van der Waals surface area contributed by atoms with Crippen LogP contribution in [0.25, 0.3) is 0 Å². The number of likely N-dealkylation sites (N-methyl/N-ethyl adjacent to an activating group) is 2. The molecule has 5 nitrogen and oxygen atoms in total. The van der Waals surface area contributed by atoms with Crippen molar-refractivity contribution in [3.05, 3.63) is 0 Å². The van der Waals surface area contributed by atoms with E-state index in [-0.39, 0.29) is 12.0 Å². The zero-order chi connectivity index (χ0) is 12.8. The van der Waals surface area contributed by atoms with Crippen LogP contribution in [0.1, 0.15) is 13.3 Å². The Morgan fingerprint density at radius 2 is 2.24 bits per heavy atom. The largest absolute Gasteiger partial charge is 0.468 e. The zero-order valence-electron chi connectivity index (χ0n) is 11.4. The van der Waals surface area contributed by atoms with Gasteiger partial charge in [0.25, 0.3) is 0 Å². The molecule has 0 amide bonds. The van der Waals surface area contributed by atoms with Gasteiger partial charge in [-0.1, -0.05) is 0 Å². The van der Waals surface area contributed by atoms with Gasteiger partial charge in [0.1, 0.15) is 6.04 Å². The van der Waals surface area contributed by atoms with Crippen LogP contribution in [-0.4, -0.2) is 75.2 Å². The maximum atomic E-state index is 11.4. The highest BCUT2D eigenvalue weighted by Gasteiger charge is 2.23. The van der Waals surface area contributed by atoms with Crippen molar-refractivity contribution < 1.29 is 9.53 Å². The highest BCUT2D eigenvalue weighted by atomic mass is 16.5. The van der Waals surface area contributed by atoms with E-state index in [1.807, 2.05) is 0 Å². The predicted molar refractivity (Wildman–Crippen MR) is 68.0 cm³/mol. The first-order chi connectivity index (χ1) is 8.08. The summed E-state index contributed by atoms with van der Waals surface area (Å²) in [4.78, 5) is 16.2. The summed E-state index contributed by atoms with van der Waals surface area (Å²) in [5, 5.41) is 3.00. The summed E-state index contributed by atoms with van der Waals surface area (Å²) in [6.07, 6.45) is 0.803. The van der Waals surface area contributed by atoms with Gasteiger partial charge in [-0.2, -0.15) is 0 Å². The quantitative estimate of drug-likeness (QED) is 0.676. The monoisotopic (exact) mass is 243 g/mol. The molecule has 0 bridgehead atoms. The van der Waals surface area contributed by atoms with Gasteiger partial charge in [0.2, 0.25) is 0 Å². The van der Waals surface area contributed by atoms with E-state index >= 15 is 0 Å². The lowest BCUT2D eigenvalue weighted by molar-refractivity contribution is -0.143. The van der Waals surface area contributed by atoms with Gasteiger partial charge < -0.3 is 15.0 Å². The Morgan fingerprint density at radius 1 is 1.53 bits per heavy atom. The second-order valence-corrected chi connectivity index (χ2v) is 4.80. The van der Waals surface area contributed by atoms with Gasteiger partial charge in [0.15, 0.2) is 0 Å². The number of nitrogens with zero attached hydrogens (tertiary/aromatic N) is 2. The average Bonchev–Trinajstić information content (AvgIpc) is 2.31. The lowest BCUT2D eigenvalue weighted by atomic mass is 10.1. The lowest BCUT2D eigenvalue weighted by Gasteiger charge is -2.38. The molecule has 0 aromatic carbocycles. The Hall–Kier alpha value is -0.650. The molecular weight excluding hydrogens is 218 g/mol. The lowest BCUT2D eigenvalue weighted by Crippen LogP contribution is -2.51. The number of esters is 1. The van der Waals surface area contributed by atoms with Gasteiger partial charge >= 0.3 is 5.97 Å². The van der Waals surface area contributed by atoms with Gasteiger partial charge in [0.05, 0.1) is 7.11 Å². The Balaban J connectivity index is 2.36. The number of hydrogen-bond acceptors (Lipinski definition) is 5. The number of ether oxygens (including phenoxy) is 1. The van der Waals surface area contributed by atoms with E-state index in [1.54, 1.807) is 7.05 Å². The molecule has 0 radical (unpaired) electrons. The predicted octanol–water partition coefficient (Wildman–Crippen LogP) is -0.227. The smallest absolute Gasteiger partial charge is 0.322 e. The Morgan fingerprint density at radius 3 is 2.76 bits per heavy atom. The standard InChI is InChI=1S/C12H25N3O2/c1-10-9-14(3)7-8-15(10)6-5-11(13-2)12(16)17-4/h10-11,13H,5-9H2,1-4H3. The highest BCUT2D eigenvalue weighted by molar-refractivity contribution is 5.75. The number of hydrogen-bond donors (Lipinski definition) is 1. The second-order valence-electron chi connectivity index (χ2n) is 4.80. The first kappa shape index (κ1) is 14.4. The van der Waals surface area contributed by atoms with Gasteiger partial charge in [-0.3, -0.25) is 9.69 Å². The molecule has 1 aliphatic heterocycles. The van der Waals surface area contributed by atoms with E-state index < -0.39 is 0 Å². The molecule has 1 aliphatic rings. The van der Waals surface area contributed by atoms with E-state index in [4.69, 9.17) is 4.74 Å². The topological polar surface area (TPSA) is 44.8 Å². The molecule has 0 spiro atoms. The Kier molecular flexibility index (Phi) is 5.88. The van der Waals surface area contributed by atoms with Crippen LogP contribution >= 0.6 is 0 Å². The van der Waals surface area contributed by atoms with E-state index in [0.717, 1.165) is 32.6 Å². The van der Waals surface area contributed by atoms with Crippen molar-refractivity contribution in [2.45, 2.75) is 25.4 Å². The molecule has 1 rings (SSSR count). The molecule has 0 saturated carbocycles. The van der Waals surface area contributed by atoms with Crippen molar-refractivity contribution in [1.82, 2.24) is 15.1 Å². The summed E-state index contributed by atoms with van der Waals surface area (Å²) < 4.78 is 4.76. The van der Waals surface area contributed by atoms with Crippen molar-refractivity contribution in [2.75, 3.05) is 47.4 Å². The average molecular weight is 243 g/mol. The molecule has 2 atom stereocenters. The molecular formula is C12H25N3O2. The van der Waals surface area contributed by atoms with Crippen LogP contribution in [0, 0.1) is 0 Å². The van der Waals surface area contributed by atoms with Crippen LogP contribution in [0.4, 0.5) is 0 Å². The van der Waals surface area contributed by atoms with Crippen LogP contribution in [-0.2, 0) is 9.53 Å². The molecule has 100 valence electrons. The third-order valence-corrected chi connectivity index (χ3v) is 3.51. The fraction of sp³-hybridized carbons (Fsp3) is 0.917. The molecule has 1 fully saturated rings. The second kappa shape index (κ2) is 6.93. The van der Waals surface area contributed by atoms with Crippen molar-refractivity contribution >= 4 is 5.97 Å². The third kappa shape index (κ3) is 4.26. The zero-order valence-corrected chi connectivity index (χ0v) is 11.4. The normalized spacial score (nSPS) is 24.6. The Labute approximate surface area is 104 Å². The van der Waals surface area contributed by atoms with Gasteiger partial charge in [-0.05, 0) is 27.4 Å². The number of carbonyl (C=O) groups is 1. The molecule has 1 heterocycles. The number of piperazine rings is 1. The molecule has 1 saturated heterocycles.